The van der Waals surface area contributed by atoms with Gasteiger partial charge in [0, 0.05) is 26.7 Å². The summed E-state index contributed by atoms with van der Waals surface area (Å²) >= 11 is 0. The second kappa shape index (κ2) is 9.82. The van der Waals surface area contributed by atoms with Gasteiger partial charge in [0.1, 0.15) is 0 Å². The molecule has 0 spiro atoms. The quantitative estimate of drug-likeness (QED) is 0.200. The Hall–Kier alpha value is -1.06. The van der Waals surface area contributed by atoms with Crippen LogP contribution in [-0.4, -0.2) is 56.0 Å². The van der Waals surface area contributed by atoms with E-state index in [0.717, 1.165) is 19.4 Å². The van der Waals surface area contributed by atoms with Crippen molar-refractivity contribution in [1.82, 2.24) is 20.9 Å². The van der Waals surface area contributed by atoms with Crippen LogP contribution in [0.3, 0.4) is 0 Å². The van der Waals surface area contributed by atoms with E-state index in [-0.39, 0.29) is 42.5 Å². The number of hydrogen-bond acceptors (Lipinski definition) is 3. The fourth-order valence-electron chi connectivity index (χ4n) is 1.57. The summed E-state index contributed by atoms with van der Waals surface area (Å²) in [4.78, 5) is 27.8. The average molecular weight is 383 g/mol. The minimum absolute atomic E-state index is 0. The minimum Gasteiger partial charge on any atom is -0.356 e. The topological polar surface area (TPSA) is 85.8 Å². The van der Waals surface area contributed by atoms with E-state index in [4.69, 9.17) is 0 Å². The molecule has 1 rings (SSSR count). The van der Waals surface area contributed by atoms with Crippen LogP contribution in [0.2, 0.25) is 0 Å². The van der Waals surface area contributed by atoms with Crippen molar-refractivity contribution in [2.45, 2.75) is 19.8 Å². The normalized spacial score (nSPS) is 15.1. The first-order valence-electron chi connectivity index (χ1n) is 6.21. The molecule has 0 aromatic carbocycles. The number of rotatable bonds is 6. The Bertz CT molecular complexity index is 319. The molecule has 0 aromatic heterocycles. The summed E-state index contributed by atoms with van der Waals surface area (Å²) in [6.45, 7) is 3.92. The zero-order valence-electron chi connectivity index (χ0n) is 11.4. The van der Waals surface area contributed by atoms with Gasteiger partial charge in [-0.05, 0) is 6.42 Å². The first kappa shape index (κ1) is 17.9. The number of aliphatic imine (C=N–C) groups is 1. The predicted octanol–water partition coefficient (Wildman–Crippen LogP) is 0.121. The van der Waals surface area contributed by atoms with Crippen molar-refractivity contribution >= 4 is 41.9 Å². The third-order valence-electron chi connectivity index (χ3n) is 2.61. The molecular weight excluding hydrogens is 361 g/mol. The van der Waals surface area contributed by atoms with Crippen molar-refractivity contribution in [2.24, 2.45) is 4.99 Å². The molecule has 3 amide bonds. The summed E-state index contributed by atoms with van der Waals surface area (Å²) in [7, 11) is 1.69. The summed E-state index contributed by atoms with van der Waals surface area (Å²) in [5, 5.41) is 8.69. The zero-order valence-corrected chi connectivity index (χ0v) is 13.7. The molecular formula is C11H22IN5O2. The number of carbonyl (C=O) groups is 2. The van der Waals surface area contributed by atoms with Gasteiger partial charge in [0.15, 0.2) is 5.96 Å². The lowest BCUT2D eigenvalue weighted by Crippen LogP contribution is -2.43. The van der Waals surface area contributed by atoms with Gasteiger partial charge < -0.3 is 16.0 Å². The van der Waals surface area contributed by atoms with E-state index in [1.165, 1.54) is 4.90 Å². The predicted molar refractivity (Wildman–Crippen MR) is 84.8 cm³/mol. The van der Waals surface area contributed by atoms with E-state index >= 15 is 0 Å². The van der Waals surface area contributed by atoms with E-state index < -0.39 is 0 Å². The van der Waals surface area contributed by atoms with Crippen LogP contribution >= 0.6 is 24.0 Å². The third kappa shape index (κ3) is 6.08. The molecule has 0 unspecified atom stereocenters. The van der Waals surface area contributed by atoms with Gasteiger partial charge in [-0.2, -0.15) is 0 Å². The molecule has 19 heavy (non-hydrogen) atoms. The van der Waals surface area contributed by atoms with Crippen molar-refractivity contribution < 1.29 is 9.59 Å². The van der Waals surface area contributed by atoms with Crippen molar-refractivity contribution in [3.8, 4) is 0 Å². The Kier molecular flexibility index (Phi) is 9.27. The summed E-state index contributed by atoms with van der Waals surface area (Å²) in [6, 6.07) is -0.323. The summed E-state index contributed by atoms with van der Waals surface area (Å²) in [6.07, 6.45) is 2.19. The summed E-state index contributed by atoms with van der Waals surface area (Å²) in [5.41, 5.74) is 0. The van der Waals surface area contributed by atoms with Crippen molar-refractivity contribution in [3.63, 3.8) is 0 Å². The number of urea groups is 1. The van der Waals surface area contributed by atoms with Gasteiger partial charge in [-0.3, -0.25) is 14.7 Å². The van der Waals surface area contributed by atoms with E-state index in [2.05, 4.69) is 27.9 Å². The molecule has 0 bridgehead atoms. The highest BCUT2D eigenvalue weighted by molar-refractivity contribution is 14.0. The van der Waals surface area contributed by atoms with Gasteiger partial charge in [-0.25, -0.2) is 4.79 Å². The average Bonchev–Trinajstić information content (AvgIpc) is 2.68. The molecule has 8 heteroatoms. The molecule has 0 aromatic rings. The minimum atomic E-state index is -0.323. The molecule has 7 nitrogen and oxygen atoms in total. The molecule has 0 aliphatic carbocycles. The number of carbonyl (C=O) groups excluding carboxylic acids is 2. The maximum atomic E-state index is 11.3. The van der Waals surface area contributed by atoms with Gasteiger partial charge in [0.05, 0.1) is 6.54 Å². The van der Waals surface area contributed by atoms with Crippen LogP contribution in [0.15, 0.2) is 4.99 Å². The van der Waals surface area contributed by atoms with Gasteiger partial charge in [-0.15, -0.1) is 24.0 Å². The number of nitrogens with one attached hydrogen (secondary N) is 3. The van der Waals surface area contributed by atoms with Crippen LogP contribution in [0.25, 0.3) is 0 Å². The Morgan fingerprint density at radius 1 is 1.37 bits per heavy atom. The van der Waals surface area contributed by atoms with Gasteiger partial charge in [0.25, 0.3) is 0 Å². The SMILES string of the molecule is CCCCNC(=NC)NCCN1C(=O)CNC1=O.I. The first-order chi connectivity index (χ1) is 8.69. The molecule has 1 aliphatic rings. The highest BCUT2D eigenvalue weighted by Gasteiger charge is 2.27. The monoisotopic (exact) mass is 383 g/mol. The molecule has 1 fully saturated rings. The molecule has 0 radical (unpaired) electrons. The standard InChI is InChI=1S/C11H21N5O2.HI/c1-3-4-5-13-10(12-2)14-6-7-16-9(17)8-15-11(16)18;/h3-8H2,1-2H3,(H,15,18)(H2,12,13,14);1H. The number of unbranched alkanes of at least 4 members (excludes halogenated alkanes) is 1. The van der Waals surface area contributed by atoms with Crippen molar-refractivity contribution in [2.75, 3.05) is 33.2 Å². The van der Waals surface area contributed by atoms with Crippen LogP contribution in [0.5, 0.6) is 0 Å². The number of guanidine groups is 1. The number of imide groups is 1. The summed E-state index contributed by atoms with van der Waals surface area (Å²) < 4.78 is 0. The zero-order chi connectivity index (χ0) is 13.4. The maximum Gasteiger partial charge on any atom is 0.324 e. The van der Waals surface area contributed by atoms with E-state index in [0.29, 0.717) is 19.0 Å². The van der Waals surface area contributed by atoms with Gasteiger partial charge in [0.2, 0.25) is 5.91 Å². The molecule has 1 heterocycles. The molecule has 1 saturated heterocycles. The van der Waals surface area contributed by atoms with Crippen LogP contribution < -0.4 is 16.0 Å². The number of halogens is 1. The lowest BCUT2D eigenvalue weighted by molar-refractivity contribution is -0.124. The van der Waals surface area contributed by atoms with Gasteiger partial charge >= 0.3 is 6.03 Å². The Morgan fingerprint density at radius 2 is 2.05 bits per heavy atom. The number of nitrogens with zero attached hydrogens (tertiary/aromatic N) is 2. The highest BCUT2D eigenvalue weighted by atomic mass is 127. The van der Waals surface area contributed by atoms with Crippen molar-refractivity contribution in [3.05, 3.63) is 0 Å². The van der Waals surface area contributed by atoms with E-state index in [9.17, 15) is 9.59 Å². The second-order valence-electron chi connectivity index (χ2n) is 3.98. The Morgan fingerprint density at radius 3 is 2.58 bits per heavy atom. The first-order valence-corrected chi connectivity index (χ1v) is 6.21. The Balaban J connectivity index is 0.00000324. The third-order valence-corrected chi connectivity index (χ3v) is 2.61. The molecule has 110 valence electrons. The number of hydrogen-bond donors (Lipinski definition) is 3. The van der Waals surface area contributed by atoms with Crippen LogP contribution in [0.1, 0.15) is 19.8 Å². The number of amides is 3. The van der Waals surface area contributed by atoms with Crippen LogP contribution in [-0.2, 0) is 4.79 Å². The highest BCUT2D eigenvalue weighted by Crippen LogP contribution is 1.96. The summed E-state index contributed by atoms with van der Waals surface area (Å²) in [5.74, 6) is 0.506. The lowest BCUT2D eigenvalue weighted by atomic mass is 10.3. The van der Waals surface area contributed by atoms with Crippen LogP contribution in [0.4, 0.5) is 4.79 Å². The fraction of sp³-hybridized carbons (Fsp3) is 0.727. The Labute approximate surface area is 130 Å². The van der Waals surface area contributed by atoms with E-state index in [1.807, 2.05) is 0 Å². The maximum absolute atomic E-state index is 11.3. The molecule has 3 N–H and O–H groups in total. The van der Waals surface area contributed by atoms with E-state index in [1.54, 1.807) is 7.05 Å². The fourth-order valence-corrected chi connectivity index (χ4v) is 1.57. The second-order valence-corrected chi connectivity index (χ2v) is 3.98. The molecule has 0 atom stereocenters. The van der Waals surface area contributed by atoms with Gasteiger partial charge in [-0.1, -0.05) is 13.3 Å². The lowest BCUT2D eigenvalue weighted by Gasteiger charge is -2.15. The van der Waals surface area contributed by atoms with Crippen molar-refractivity contribution in [1.29, 1.82) is 0 Å². The van der Waals surface area contributed by atoms with Crippen LogP contribution in [0, 0.1) is 0 Å². The molecule has 0 saturated carbocycles. The smallest absolute Gasteiger partial charge is 0.324 e. The molecule has 1 aliphatic heterocycles. The largest absolute Gasteiger partial charge is 0.356 e.